The Morgan fingerprint density at radius 2 is 2.00 bits per heavy atom. The molecule has 0 saturated carbocycles. The first-order chi connectivity index (χ1) is 13.4. The highest BCUT2D eigenvalue weighted by molar-refractivity contribution is 6.09. The van der Waals surface area contributed by atoms with Crippen molar-refractivity contribution in [2.24, 2.45) is 0 Å². The maximum absolute atomic E-state index is 12.8. The number of nitrogens with two attached hydrogens (primary N) is 1. The Morgan fingerprint density at radius 1 is 1.25 bits per heavy atom. The number of anilines is 3. The standard InChI is InChI=1S/C20H19N5O3/c1-11-2-4-13(5-3-11)23-19-17-14(9-25(20(27)28)10-15(17)26)24-18(19)12-6-7-22-16(21)8-12/h2-8,23-24H,9-10H2,1H3,(H2,21,22)(H,27,28). The van der Waals surface area contributed by atoms with Gasteiger partial charge in [-0.25, -0.2) is 9.78 Å². The van der Waals surface area contributed by atoms with Crippen molar-refractivity contribution < 1.29 is 14.7 Å². The van der Waals surface area contributed by atoms with E-state index in [1.54, 1.807) is 18.3 Å². The van der Waals surface area contributed by atoms with Crippen molar-refractivity contribution in [2.45, 2.75) is 13.5 Å². The van der Waals surface area contributed by atoms with Crippen molar-refractivity contribution in [1.29, 1.82) is 0 Å². The van der Waals surface area contributed by atoms with E-state index in [0.717, 1.165) is 21.7 Å². The number of hydrogen-bond acceptors (Lipinski definition) is 5. The molecule has 3 heterocycles. The number of nitrogen functional groups attached to an aromatic ring is 1. The molecule has 0 saturated heterocycles. The molecule has 8 heteroatoms. The van der Waals surface area contributed by atoms with Gasteiger partial charge in [-0.3, -0.25) is 9.69 Å². The van der Waals surface area contributed by atoms with Crippen LogP contribution in [0.2, 0.25) is 0 Å². The molecule has 4 rings (SSSR count). The third kappa shape index (κ3) is 3.16. The zero-order chi connectivity index (χ0) is 19.8. The Bertz CT molecular complexity index is 1070. The van der Waals surface area contributed by atoms with Crippen LogP contribution in [0.1, 0.15) is 21.6 Å². The molecule has 0 atom stereocenters. The molecule has 2 aromatic heterocycles. The molecule has 8 nitrogen and oxygen atoms in total. The number of fused-ring (bicyclic) bond motifs is 1. The lowest BCUT2D eigenvalue weighted by atomic mass is 10.0. The van der Waals surface area contributed by atoms with Gasteiger partial charge in [0.1, 0.15) is 5.82 Å². The van der Waals surface area contributed by atoms with Crippen LogP contribution in [0.15, 0.2) is 42.6 Å². The number of carbonyl (C=O) groups is 2. The largest absolute Gasteiger partial charge is 0.465 e. The van der Waals surface area contributed by atoms with Crippen molar-refractivity contribution >= 4 is 29.1 Å². The second-order valence-corrected chi connectivity index (χ2v) is 6.75. The number of amides is 1. The van der Waals surface area contributed by atoms with Gasteiger partial charge in [-0.1, -0.05) is 17.7 Å². The summed E-state index contributed by atoms with van der Waals surface area (Å²) in [6.45, 7) is 1.93. The van der Waals surface area contributed by atoms with Gasteiger partial charge in [-0.05, 0) is 31.2 Å². The number of H-pyrrole nitrogens is 1. The van der Waals surface area contributed by atoms with Crippen LogP contribution in [-0.2, 0) is 6.54 Å². The van der Waals surface area contributed by atoms with Crippen LogP contribution in [-0.4, -0.2) is 38.4 Å². The number of nitrogens with one attached hydrogen (secondary N) is 2. The van der Waals surface area contributed by atoms with E-state index in [1.165, 1.54) is 0 Å². The molecule has 0 radical (unpaired) electrons. The van der Waals surface area contributed by atoms with Gasteiger partial charge < -0.3 is 21.1 Å². The number of aromatic nitrogens is 2. The number of benzene rings is 1. The first-order valence-electron chi connectivity index (χ1n) is 8.74. The number of aromatic amines is 1. The minimum atomic E-state index is -1.13. The number of nitrogens with zero attached hydrogens (tertiary/aromatic N) is 2. The summed E-state index contributed by atoms with van der Waals surface area (Å²) in [6, 6.07) is 11.3. The highest BCUT2D eigenvalue weighted by Crippen LogP contribution is 2.38. The Labute approximate surface area is 161 Å². The SMILES string of the molecule is Cc1ccc(Nc2c(-c3ccnc(N)c3)[nH]c3c2C(=O)CN(C(=O)O)C3)cc1. The summed E-state index contributed by atoms with van der Waals surface area (Å²) in [5.41, 5.74) is 10.8. The van der Waals surface area contributed by atoms with Crippen molar-refractivity contribution in [1.82, 2.24) is 14.9 Å². The summed E-state index contributed by atoms with van der Waals surface area (Å²) in [5.74, 6) is 0.0904. The van der Waals surface area contributed by atoms with Crippen LogP contribution in [0.3, 0.4) is 0 Å². The lowest BCUT2D eigenvalue weighted by Gasteiger charge is -2.23. The highest BCUT2D eigenvalue weighted by Gasteiger charge is 2.32. The predicted molar refractivity (Wildman–Crippen MR) is 106 cm³/mol. The van der Waals surface area contributed by atoms with E-state index >= 15 is 0 Å². The van der Waals surface area contributed by atoms with Crippen molar-refractivity contribution in [3.63, 3.8) is 0 Å². The molecule has 0 unspecified atom stereocenters. The summed E-state index contributed by atoms with van der Waals surface area (Å²) in [6.07, 6.45) is 0.460. The maximum Gasteiger partial charge on any atom is 0.408 e. The monoisotopic (exact) mass is 377 g/mol. The van der Waals surface area contributed by atoms with E-state index in [2.05, 4.69) is 15.3 Å². The second kappa shape index (κ2) is 6.73. The zero-order valence-electron chi connectivity index (χ0n) is 15.2. The van der Waals surface area contributed by atoms with Crippen molar-refractivity contribution in [2.75, 3.05) is 17.6 Å². The number of carbonyl (C=O) groups excluding carboxylic acids is 1. The van der Waals surface area contributed by atoms with Crippen LogP contribution in [0, 0.1) is 6.92 Å². The lowest BCUT2D eigenvalue weighted by Crippen LogP contribution is -2.38. The average Bonchev–Trinajstić information content (AvgIpc) is 3.02. The molecule has 0 fully saturated rings. The quantitative estimate of drug-likeness (QED) is 0.555. The Balaban J connectivity index is 1.85. The third-order valence-electron chi connectivity index (χ3n) is 4.70. The number of Topliss-reactive ketones (excluding diaryl/α,β-unsaturated/α-hetero) is 1. The molecule has 142 valence electrons. The van der Waals surface area contributed by atoms with Gasteiger partial charge in [0.2, 0.25) is 0 Å². The van der Waals surface area contributed by atoms with Gasteiger partial charge in [-0.15, -0.1) is 0 Å². The minimum absolute atomic E-state index is 0.111. The van der Waals surface area contributed by atoms with Gasteiger partial charge in [0.25, 0.3) is 0 Å². The molecule has 1 aliphatic heterocycles. The number of ketones is 1. The normalized spacial score (nSPS) is 13.3. The predicted octanol–water partition coefficient (Wildman–Crippen LogP) is 3.39. The van der Waals surface area contributed by atoms with Crippen LogP contribution in [0.5, 0.6) is 0 Å². The van der Waals surface area contributed by atoms with Gasteiger partial charge >= 0.3 is 6.09 Å². The number of rotatable bonds is 3. The van der Waals surface area contributed by atoms with Crippen molar-refractivity contribution in [3.8, 4) is 11.3 Å². The first kappa shape index (κ1) is 17.6. The van der Waals surface area contributed by atoms with Gasteiger partial charge in [0, 0.05) is 23.1 Å². The number of hydrogen-bond donors (Lipinski definition) is 4. The van der Waals surface area contributed by atoms with Gasteiger partial charge in [-0.2, -0.15) is 0 Å². The topological polar surface area (TPSA) is 124 Å². The average molecular weight is 377 g/mol. The Kier molecular flexibility index (Phi) is 4.23. The zero-order valence-corrected chi connectivity index (χ0v) is 15.2. The number of carboxylic acid groups (broad SMARTS) is 1. The molecule has 5 N–H and O–H groups in total. The molecular weight excluding hydrogens is 358 g/mol. The van der Waals surface area contributed by atoms with E-state index in [0.29, 0.717) is 28.5 Å². The van der Waals surface area contributed by atoms with Crippen LogP contribution in [0.4, 0.5) is 22.0 Å². The fourth-order valence-corrected chi connectivity index (χ4v) is 3.34. The molecule has 1 amide bonds. The van der Waals surface area contributed by atoms with E-state index in [-0.39, 0.29) is 18.9 Å². The van der Waals surface area contributed by atoms with Crippen LogP contribution < -0.4 is 11.1 Å². The maximum atomic E-state index is 12.8. The molecular formula is C20H19N5O3. The molecule has 3 aromatic rings. The highest BCUT2D eigenvalue weighted by atomic mass is 16.4. The molecule has 0 bridgehead atoms. The minimum Gasteiger partial charge on any atom is -0.465 e. The number of aryl methyl sites for hydroxylation is 1. The van der Waals surface area contributed by atoms with Crippen molar-refractivity contribution in [3.05, 3.63) is 59.4 Å². The van der Waals surface area contributed by atoms with Gasteiger partial charge in [0.05, 0.1) is 30.0 Å². The van der Waals surface area contributed by atoms with E-state index < -0.39 is 6.09 Å². The summed E-state index contributed by atoms with van der Waals surface area (Å²) in [5, 5.41) is 12.6. The number of pyridine rings is 1. The molecule has 0 spiro atoms. The Morgan fingerprint density at radius 3 is 2.68 bits per heavy atom. The molecule has 1 aromatic carbocycles. The van der Waals surface area contributed by atoms with Crippen LogP contribution in [0.25, 0.3) is 11.3 Å². The summed E-state index contributed by atoms with van der Waals surface area (Å²) < 4.78 is 0. The molecule has 28 heavy (non-hydrogen) atoms. The van der Waals surface area contributed by atoms with E-state index in [9.17, 15) is 14.7 Å². The van der Waals surface area contributed by atoms with E-state index in [1.807, 2.05) is 31.2 Å². The van der Waals surface area contributed by atoms with Crippen LogP contribution >= 0.6 is 0 Å². The van der Waals surface area contributed by atoms with Gasteiger partial charge in [0.15, 0.2) is 5.78 Å². The fraction of sp³-hybridized carbons (Fsp3) is 0.150. The molecule has 0 aliphatic carbocycles. The Hall–Kier alpha value is -3.81. The summed E-state index contributed by atoms with van der Waals surface area (Å²) >= 11 is 0. The van der Waals surface area contributed by atoms with E-state index in [4.69, 9.17) is 5.73 Å². The molecule has 1 aliphatic rings. The second-order valence-electron chi connectivity index (χ2n) is 6.75. The summed E-state index contributed by atoms with van der Waals surface area (Å²) in [4.78, 5) is 32.5. The fourth-order valence-electron chi connectivity index (χ4n) is 3.34. The third-order valence-corrected chi connectivity index (χ3v) is 4.70. The first-order valence-corrected chi connectivity index (χ1v) is 8.74. The summed E-state index contributed by atoms with van der Waals surface area (Å²) in [7, 11) is 0. The smallest absolute Gasteiger partial charge is 0.408 e. The lowest BCUT2D eigenvalue weighted by molar-refractivity contribution is 0.0874.